The monoisotopic (exact) mass is 548 g/mol. The molecule has 8 heteroatoms. The molecule has 0 spiro atoms. The molecule has 1 atom stereocenters. The number of carbonyl (C=O) groups is 2. The Bertz CT molecular complexity index is 1300. The SMILES string of the molecule is Cc1ccccc1CCc1nc(N2CCCC2c2ccc(Cl)cc2)ncc1C(=O)N(CCC(C)C)CC(=O)O. The summed E-state index contributed by atoms with van der Waals surface area (Å²) in [7, 11) is 0. The van der Waals surface area contributed by atoms with Crippen LogP contribution in [0.25, 0.3) is 0 Å². The number of benzene rings is 2. The van der Waals surface area contributed by atoms with Crippen molar-refractivity contribution in [1.29, 1.82) is 0 Å². The van der Waals surface area contributed by atoms with Gasteiger partial charge in [-0.15, -0.1) is 0 Å². The van der Waals surface area contributed by atoms with Crippen molar-refractivity contribution in [3.05, 3.63) is 87.7 Å². The Morgan fingerprint density at radius 3 is 2.56 bits per heavy atom. The Labute approximate surface area is 235 Å². The lowest BCUT2D eigenvalue weighted by molar-refractivity contribution is -0.137. The first kappa shape index (κ1) is 28.6. The molecule has 1 amide bonds. The number of hydrogen-bond acceptors (Lipinski definition) is 5. The molecule has 1 fully saturated rings. The number of aryl methyl sites for hydroxylation is 3. The van der Waals surface area contributed by atoms with E-state index in [9.17, 15) is 14.7 Å². The summed E-state index contributed by atoms with van der Waals surface area (Å²) in [4.78, 5) is 38.5. The second-order valence-electron chi connectivity index (χ2n) is 10.7. The van der Waals surface area contributed by atoms with Gasteiger partial charge in [0.05, 0.1) is 17.3 Å². The van der Waals surface area contributed by atoms with Crippen molar-refractivity contribution in [2.75, 3.05) is 24.5 Å². The summed E-state index contributed by atoms with van der Waals surface area (Å²) in [5.74, 6) is -0.432. The summed E-state index contributed by atoms with van der Waals surface area (Å²) in [5.41, 5.74) is 4.56. The van der Waals surface area contributed by atoms with Gasteiger partial charge >= 0.3 is 5.97 Å². The highest BCUT2D eigenvalue weighted by molar-refractivity contribution is 6.30. The van der Waals surface area contributed by atoms with Gasteiger partial charge in [0.25, 0.3) is 5.91 Å². The summed E-state index contributed by atoms with van der Waals surface area (Å²) >= 11 is 6.12. The summed E-state index contributed by atoms with van der Waals surface area (Å²) in [6, 6.07) is 16.2. The second-order valence-corrected chi connectivity index (χ2v) is 11.1. The van der Waals surface area contributed by atoms with Crippen molar-refractivity contribution in [3.8, 4) is 0 Å². The van der Waals surface area contributed by atoms with Crippen molar-refractivity contribution in [2.45, 2.75) is 58.9 Å². The lowest BCUT2D eigenvalue weighted by atomic mass is 10.0. The van der Waals surface area contributed by atoms with E-state index in [1.54, 1.807) is 6.20 Å². The Kier molecular flexibility index (Phi) is 9.57. The molecule has 206 valence electrons. The lowest BCUT2D eigenvalue weighted by Crippen LogP contribution is -2.38. The lowest BCUT2D eigenvalue weighted by Gasteiger charge is -2.27. The number of aromatic nitrogens is 2. The van der Waals surface area contributed by atoms with Crippen LogP contribution in [0.15, 0.2) is 54.7 Å². The van der Waals surface area contributed by atoms with Gasteiger partial charge in [-0.05, 0) is 73.8 Å². The summed E-state index contributed by atoms with van der Waals surface area (Å²) < 4.78 is 0. The molecule has 1 aliphatic rings. The molecular formula is C31H37ClN4O3. The van der Waals surface area contributed by atoms with Gasteiger partial charge in [-0.1, -0.05) is 61.8 Å². The third kappa shape index (κ3) is 7.35. The number of nitrogens with zero attached hydrogens (tertiary/aromatic N) is 4. The minimum absolute atomic E-state index is 0.127. The molecule has 1 aromatic heterocycles. The quantitative estimate of drug-likeness (QED) is 0.310. The van der Waals surface area contributed by atoms with Crippen LogP contribution in [-0.2, 0) is 17.6 Å². The van der Waals surface area contributed by atoms with E-state index in [1.807, 2.05) is 36.4 Å². The molecule has 4 rings (SSSR count). The fourth-order valence-corrected chi connectivity index (χ4v) is 5.22. The molecular weight excluding hydrogens is 512 g/mol. The Balaban J connectivity index is 1.68. The number of amides is 1. The molecule has 0 bridgehead atoms. The average Bonchev–Trinajstić information content (AvgIpc) is 3.40. The maximum absolute atomic E-state index is 13.7. The number of carbonyl (C=O) groups excluding carboxylic acids is 1. The van der Waals surface area contributed by atoms with Gasteiger partial charge in [0, 0.05) is 24.3 Å². The highest BCUT2D eigenvalue weighted by Crippen LogP contribution is 2.35. The molecule has 7 nitrogen and oxygen atoms in total. The van der Waals surface area contributed by atoms with Gasteiger partial charge in [-0.2, -0.15) is 0 Å². The minimum Gasteiger partial charge on any atom is -0.480 e. The number of halogens is 1. The number of carboxylic acid groups (broad SMARTS) is 1. The van der Waals surface area contributed by atoms with Crippen molar-refractivity contribution in [2.24, 2.45) is 5.92 Å². The molecule has 39 heavy (non-hydrogen) atoms. The van der Waals surface area contributed by atoms with Crippen LogP contribution >= 0.6 is 11.6 Å². The van der Waals surface area contributed by atoms with E-state index in [-0.39, 0.29) is 18.5 Å². The van der Waals surface area contributed by atoms with E-state index in [0.29, 0.717) is 47.5 Å². The molecule has 1 unspecified atom stereocenters. The smallest absolute Gasteiger partial charge is 0.323 e. The molecule has 1 saturated heterocycles. The highest BCUT2D eigenvalue weighted by Gasteiger charge is 2.30. The zero-order valence-electron chi connectivity index (χ0n) is 22.9. The number of carboxylic acids is 1. The third-order valence-corrected chi connectivity index (χ3v) is 7.58. The molecule has 0 radical (unpaired) electrons. The van der Waals surface area contributed by atoms with E-state index in [1.165, 1.54) is 16.0 Å². The van der Waals surface area contributed by atoms with Gasteiger partial charge < -0.3 is 14.9 Å². The van der Waals surface area contributed by atoms with Crippen LogP contribution in [-0.4, -0.2) is 51.5 Å². The van der Waals surface area contributed by atoms with Crippen LogP contribution in [0.3, 0.4) is 0 Å². The van der Waals surface area contributed by atoms with Crippen LogP contribution in [0.1, 0.15) is 71.9 Å². The summed E-state index contributed by atoms with van der Waals surface area (Å²) in [6.07, 6.45) is 5.57. The topological polar surface area (TPSA) is 86.6 Å². The fourth-order valence-electron chi connectivity index (χ4n) is 5.10. The van der Waals surface area contributed by atoms with E-state index in [0.717, 1.165) is 31.4 Å². The van der Waals surface area contributed by atoms with Gasteiger partial charge in [-0.3, -0.25) is 9.59 Å². The van der Waals surface area contributed by atoms with Gasteiger partial charge in [-0.25, -0.2) is 9.97 Å². The predicted molar refractivity (Wildman–Crippen MR) is 154 cm³/mol. The maximum atomic E-state index is 13.7. The Hall–Kier alpha value is -3.45. The Morgan fingerprint density at radius 2 is 1.87 bits per heavy atom. The molecule has 1 N–H and O–H groups in total. The second kappa shape index (κ2) is 13.1. The number of aliphatic carboxylic acids is 1. The zero-order valence-corrected chi connectivity index (χ0v) is 23.7. The maximum Gasteiger partial charge on any atom is 0.323 e. The van der Waals surface area contributed by atoms with Gasteiger partial charge in [0.2, 0.25) is 5.95 Å². The summed E-state index contributed by atoms with van der Waals surface area (Å²) in [6.45, 7) is 7.03. The van der Waals surface area contributed by atoms with Crippen LogP contribution in [0.4, 0.5) is 5.95 Å². The van der Waals surface area contributed by atoms with Crippen molar-refractivity contribution >= 4 is 29.4 Å². The number of rotatable bonds is 11. The van der Waals surface area contributed by atoms with Gasteiger partial charge in [0.15, 0.2) is 0 Å². The molecule has 3 aromatic rings. The van der Waals surface area contributed by atoms with E-state index >= 15 is 0 Å². The first-order valence-corrected chi connectivity index (χ1v) is 14.0. The normalized spacial score (nSPS) is 15.1. The van der Waals surface area contributed by atoms with Crippen LogP contribution in [0.5, 0.6) is 0 Å². The van der Waals surface area contributed by atoms with Crippen LogP contribution in [0, 0.1) is 12.8 Å². The molecule has 2 aromatic carbocycles. The van der Waals surface area contributed by atoms with Gasteiger partial charge in [0.1, 0.15) is 6.54 Å². The number of anilines is 1. The molecule has 0 aliphatic carbocycles. The standard InChI is InChI=1S/C31H37ClN4O3/c1-21(2)16-18-35(20-29(37)38)30(39)26-19-33-31(34-27(26)15-12-23-8-5-4-7-22(23)3)36-17-6-9-28(36)24-10-13-25(32)14-11-24/h4-5,7-8,10-11,13-14,19,21,28H,6,9,12,15-18,20H2,1-3H3,(H,37,38). The largest absolute Gasteiger partial charge is 0.480 e. The Morgan fingerprint density at radius 1 is 1.13 bits per heavy atom. The fraction of sp³-hybridized carbons (Fsp3) is 0.419. The average molecular weight is 549 g/mol. The first-order chi connectivity index (χ1) is 18.7. The summed E-state index contributed by atoms with van der Waals surface area (Å²) in [5, 5.41) is 10.2. The van der Waals surface area contributed by atoms with E-state index in [2.05, 4.69) is 42.8 Å². The van der Waals surface area contributed by atoms with Crippen molar-refractivity contribution in [3.63, 3.8) is 0 Å². The van der Waals surface area contributed by atoms with E-state index < -0.39 is 5.97 Å². The third-order valence-electron chi connectivity index (χ3n) is 7.33. The predicted octanol–water partition coefficient (Wildman–Crippen LogP) is 6.14. The molecule has 0 saturated carbocycles. The van der Waals surface area contributed by atoms with Crippen LogP contribution in [0.2, 0.25) is 5.02 Å². The highest BCUT2D eigenvalue weighted by atomic mass is 35.5. The molecule has 1 aliphatic heterocycles. The molecule has 2 heterocycles. The van der Waals surface area contributed by atoms with Crippen LogP contribution < -0.4 is 4.90 Å². The first-order valence-electron chi connectivity index (χ1n) is 13.7. The van der Waals surface area contributed by atoms with Crippen molar-refractivity contribution < 1.29 is 14.7 Å². The van der Waals surface area contributed by atoms with Crippen molar-refractivity contribution in [1.82, 2.24) is 14.9 Å². The zero-order chi connectivity index (χ0) is 27.9. The van der Waals surface area contributed by atoms with E-state index in [4.69, 9.17) is 16.6 Å². The number of hydrogen-bond donors (Lipinski definition) is 1. The minimum atomic E-state index is -1.03.